The third-order valence-electron chi connectivity index (χ3n) is 3.63. The molecule has 0 radical (unpaired) electrons. The van der Waals surface area contributed by atoms with Gasteiger partial charge in [-0.3, -0.25) is 0 Å². The highest BCUT2D eigenvalue weighted by molar-refractivity contribution is 5.94. The Morgan fingerprint density at radius 3 is 2.62 bits per heavy atom. The first-order valence-electron chi connectivity index (χ1n) is 7.36. The molecule has 1 unspecified atom stereocenters. The Hall–Kier alpha value is -1.96. The molecule has 4 N–H and O–H groups in total. The quantitative estimate of drug-likeness (QED) is 0.594. The predicted octanol–water partition coefficient (Wildman–Crippen LogP) is 3.12. The van der Waals surface area contributed by atoms with Gasteiger partial charge in [-0.25, -0.2) is 4.99 Å². The van der Waals surface area contributed by atoms with Crippen LogP contribution in [-0.2, 0) is 6.18 Å². The number of guanidine groups is 2. The maximum atomic E-state index is 12.7. The van der Waals surface area contributed by atoms with Gasteiger partial charge < -0.3 is 16.4 Å². The van der Waals surface area contributed by atoms with E-state index < -0.39 is 11.7 Å². The zero-order valence-electron chi connectivity index (χ0n) is 13.3. The Kier molecular flexibility index (Phi) is 6.89. The maximum Gasteiger partial charge on any atom is 0.416 e. The molecule has 1 aliphatic rings. The number of hydrogen-bond donors (Lipinski definition) is 2. The average Bonchev–Trinajstić information content (AvgIpc) is 2.46. The summed E-state index contributed by atoms with van der Waals surface area (Å²) < 4.78 is 38.0. The second-order valence-corrected chi connectivity index (χ2v) is 5.68. The standard InChI is InChI=1S/C15H20F3N5.ClH/c1-10-4-3-7-23(9-10)14(20)22-13(19)21-12-6-2-5-11(8-12)15(16,17)18;/h2,5-6,8,10H,3-4,7,9H2,1H3,(H4,19,20,21,22);1H. The van der Waals surface area contributed by atoms with Gasteiger partial charge in [0.15, 0.2) is 5.96 Å². The van der Waals surface area contributed by atoms with Gasteiger partial charge >= 0.3 is 6.18 Å². The summed E-state index contributed by atoms with van der Waals surface area (Å²) in [7, 11) is 0. The second kappa shape index (κ2) is 8.23. The van der Waals surface area contributed by atoms with Gasteiger partial charge in [-0.15, -0.1) is 12.4 Å². The Morgan fingerprint density at radius 1 is 1.29 bits per heavy atom. The van der Waals surface area contributed by atoms with Crippen LogP contribution in [0.25, 0.3) is 0 Å². The molecule has 0 bridgehead atoms. The number of likely N-dealkylation sites (tertiary alicyclic amines) is 1. The monoisotopic (exact) mass is 363 g/mol. The van der Waals surface area contributed by atoms with Gasteiger partial charge in [-0.1, -0.05) is 13.0 Å². The van der Waals surface area contributed by atoms with E-state index in [1.54, 1.807) is 0 Å². The zero-order chi connectivity index (χ0) is 17.0. The summed E-state index contributed by atoms with van der Waals surface area (Å²) in [4.78, 5) is 9.78. The topological polar surface area (TPSA) is 80.0 Å². The number of nitrogens with two attached hydrogens (primary N) is 2. The summed E-state index contributed by atoms with van der Waals surface area (Å²) in [5.41, 5.74) is 10.9. The van der Waals surface area contributed by atoms with Crippen LogP contribution in [-0.4, -0.2) is 29.9 Å². The number of nitrogens with zero attached hydrogens (tertiary/aromatic N) is 3. The minimum Gasteiger partial charge on any atom is -0.369 e. The Labute approximate surface area is 145 Å². The molecule has 2 rings (SSSR count). The van der Waals surface area contributed by atoms with Gasteiger partial charge in [-0.05, 0) is 37.0 Å². The molecule has 1 saturated heterocycles. The smallest absolute Gasteiger partial charge is 0.369 e. The summed E-state index contributed by atoms with van der Waals surface area (Å²) in [6, 6.07) is 4.59. The van der Waals surface area contributed by atoms with E-state index in [0.717, 1.165) is 38.1 Å². The summed E-state index contributed by atoms with van der Waals surface area (Å²) in [5, 5.41) is 0. The SMILES string of the molecule is CC1CCCN(C(N)=NC(N)=Nc2cccc(C(F)(F)F)c2)C1.Cl. The minimum atomic E-state index is -4.42. The molecular weight excluding hydrogens is 343 g/mol. The molecule has 1 heterocycles. The zero-order valence-corrected chi connectivity index (χ0v) is 14.1. The van der Waals surface area contributed by atoms with Crippen molar-refractivity contribution in [2.45, 2.75) is 25.9 Å². The van der Waals surface area contributed by atoms with Crippen molar-refractivity contribution < 1.29 is 13.2 Å². The van der Waals surface area contributed by atoms with Crippen molar-refractivity contribution in [3.05, 3.63) is 29.8 Å². The molecule has 1 aromatic rings. The molecule has 1 aromatic carbocycles. The predicted molar refractivity (Wildman–Crippen MR) is 91.6 cm³/mol. The lowest BCUT2D eigenvalue weighted by atomic mass is 10.0. The number of halogens is 4. The lowest BCUT2D eigenvalue weighted by molar-refractivity contribution is -0.137. The number of hydrogen-bond acceptors (Lipinski definition) is 1. The fraction of sp³-hybridized carbons (Fsp3) is 0.467. The number of alkyl halides is 3. The highest BCUT2D eigenvalue weighted by Crippen LogP contribution is 2.31. The van der Waals surface area contributed by atoms with E-state index in [1.165, 1.54) is 12.1 Å². The van der Waals surface area contributed by atoms with Crippen molar-refractivity contribution >= 4 is 30.0 Å². The molecule has 1 atom stereocenters. The van der Waals surface area contributed by atoms with E-state index in [-0.39, 0.29) is 30.0 Å². The van der Waals surface area contributed by atoms with E-state index in [9.17, 15) is 13.2 Å². The molecule has 134 valence electrons. The van der Waals surface area contributed by atoms with Gasteiger partial charge in [0.1, 0.15) is 0 Å². The van der Waals surface area contributed by atoms with Crippen LogP contribution in [0.2, 0.25) is 0 Å². The van der Waals surface area contributed by atoms with Crippen LogP contribution in [0.5, 0.6) is 0 Å². The molecule has 0 aliphatic carbocycles. The van der Waals surface area contributed by atoms with Gasteiger partial charge in [0.05, 0.1) is 11.3 Å². The van der Waals surface area contributed by atoms with Crippen LogP contribution in [0.15, 0.2) is 34.3 Å². The van der Waals surface area contributed by atoms with Crippen LogP contribution in [0.3, 0.4) is 0 Å². The van der Waals surface area contributed by atoms with Crippen molar-refractivity contribution in [2.24, 2.45) is 27.4 Å². The summed E-state index contributed by atoms with van der Waals surface area (Å²) >= 11 is 0. The van der Waals surface area contributed by atoms with Gasteiger partial charge in [-0.2, -0.15) is 18.2 Å². The number of piperidine rings is 1. The lowest BCUT2D eigenvalue weighted by Gasteiger charge is -2.31. The van der Waals surface area contributed by atoms with Crippen molar-refractivity contribution in [3.8, 4) is 0 Å². The molecule has 24 heavy (non-hydrogen) atoms. The van der Waals surface area contributed by atoms with E-state index >= 15 is 0 Å². The van der Waals surface area contributed by atoms with Gasteiger partial charge in [0.25, 0.3) is 0 Å². The minimum absolute atomic E-state index is 0. The van der Waals surface area contributed by atoms with Crippen molar-refractivity contribution in [1.29, 1.82) is 0 Å². The molecule has 5 nitrogen and oxygen atoms in total. The largest absolute Gasteiger partial charge is 0.416 e. The van der Waals surface area contributed by atoms with E-state index in [2.05, 4.69) is 16.9 Å². The first-order valence-corrected chi connectivity index (χ1v) is 7.36. The maximum absolute atomic E-state index is 12.7. The summed E-state index contributed by atoms with van der Waals surface area (Å²) in [6.07, 6.45) is -2.27. The van der Waals surface area contributed by atoms with Crippen LogP contribution >= 0.6 is 12.4 Å². The molecule has 0 saturated carbocycles. The van der Waals surface area contributed by atoms with E-state index in [4.69, 9.17) is 11.5 Å². The molecule has 0 spiro atoms. The lowest BCUT2D eigenvalue weighted by Crippen LogP contribution is -2.44. The Morgan fingerprint density at radius 2 is 2.00 bits per heavy atom. The molecule has 0 amide bonds. The normalized spacial score (nSPS) is 19.8. The summed E-state index contributed by atoms with van der Waals surface area (Å²) in [5.74, 6) is 0.587. The van der Waals surface area contributed by atoms with Gasteiger partial charge in [0.2, 0.25) is 5.96 Å². The first-order chi connectivity index (χ1) is 10.8. The number of rotatable bonds is 1. The van der Waals surface area contributed by atoms with Crippen molar-refractivity contribution in [3.63, 3.8) is 0 Å². The van der Waals surface area contributed by atoms with E-state index in [0.29, 0.717) is 5.92 Å². The van der Waals surface area contributed by atoms with Crippen LogP contribution < -0.4 is 11.5 Å². The van der Waals surface area contributed by atoms with Crippen molar-refractivity contribution in [2.75, 3.05) is 13.1 Å². The Balaban J connectivity index is 0.00000288. The fourth-order valence-corrected chi connectivity index (χ4v) is 2.49. The first kappa shape index (κ1) is 20.1. The molecule has 0 aromatic heterocycles. The van der Waals surface area contributed by atoms with Crippen LogP contribution in [0.4, 0.5) is 18.9 Å². The second-order valence-electron chi connectivity index (χ2n) is 5.68. The van der Waals surface area contributed by atoms with Gasteiger partial charge in [0, 0.05) is 13.1 Å². The third-order valence-corrected chi connectivity index (χ3v) is 3.63. The van der Waals surface area contributed by atoms with Crippen LogP contribution in [0.1, 0.15) is 25.3 Å². The highest BCUT2D eigenvalue weighted by Gasteiger charge is 2.30. The van der Waals surface area contributed by atoms with Crippen molar-refractivity contribution in [1.82, 2.24) is 4.90 Å². The fourth-order valence-electron chi connectivity index (χ4n) is 2.49. The summed E-state index contributed by atoms with van der Waals surface area (Å²) in [6.45, 7) is 3.70. The highest BCUT2D eigenvalue weighted by atomic mass is 35.5. The average molecular weight is 364 g/mol. The molecule has 9 heteroatoms. The molecule has 1 aliphatic heterocycles. The number of aliphatic imine (C=N–C) groups is 2. The van der Waals surface area contributed by atoms with E-state index in [1.807, 2.05) is 4.90 Å². The third kappa shape index (κ3) is 5.59. The van der Waals surface area contributed by atoms with Crippen LogP contribution in [0, 0.1) is 5.92 Å². The Bertz CT molecular complexity index is 615. The molecular formula is C15H21ClF3N5. The molecule has 1 fully saturated rings. The number of benzene rings is 1.